The van der Waals surface area contributed by atoms with Crippen molar-refractivity contribution >= 4 is 5.91 Å². The molecule has 0 aromatic heterocycles. The van der Waals surface area contributed by atoms with Gasteiger partial charge in [-0.2, -0.15) is 0 Å². The van der Waals surface area contributed by atoms with E-state index >= 15 is 0 Å². The first kappa shape index (κ1) is 11.5. The zero-order chi connectivity index (χ0) is 10.4. The summed E-state index contributed by atoms with van der Waals surface area (Å²) in [5, 5.41) is 0. The van der Waals surface area contributed by atoms with E-state index < -0.39 is 0 Å². The summed E-state index contributed by atoms with van der Waals surface area (Å²) in [6.45, 7) is 6.90. The third-order valence-electron chi connectivity index (χ3n) is 2.63. The van der Waals surface area contributed by atoms with Crippen LogP contribution in [0.3, 0.4) is 0 Å². The van der Waals surface area contributed by atoms with E-state index in [0.29, 0.717) is 13.2 Å². The molecule has 4 nitrogen and oxygen atoms in total. The maximum Gasteiger partial charge on any atom is 0.236 e. The highest BCUT2D eigenvalue weighted by molar-refractivity contribution is 5.78. The Morgan fingerprint density at radius 3 is 2.86 bits per heavy atom. The number of ether oxygens (including phenoxy) is 1. The topological polar surface area (TPSA) is 32.8 Å². The van der Waals surface area contributed by atoms with Crippen molar-refractivity contribution in [1.82, 2.24) is 9.80 Å². The predicted molar refractivity (Wildman–Crippen MR) is 55.2 cm³/mol. The number of carbonyl (C=O) groups is 1. The van der Waals surface area contributed by atoms with Gasteiger partial charge in [0.25, 0.3) is 0 Å². The number of methoxy groups -OCH3 is 1. The molecule has 1 amide bonds. The summed E-state index contributed by atoms with van der Waals surface area (Å²) in [5.41, 5.74) is 0. The van der Waals surface area contributed by atoms with Crippen LogP contribution in [0, 0.1) is 0 Å². The fourth-order valence-electron chi connectivity index (χ4n) is 1.69. The average molecular weight is 200 g/mol. The Morgan fingerprint density at radius 2 is 2.21 bits per heavy atom. The summed E-state index contributed by atoms with van der Waals surface area (Å²) in [7, 11) is 1.67. The zero-order valence-electron chi connectivity index (χ0n) is 9.16. The SMILES string of the molecule is CCN1CCCN(CCOC)C(=O)C1. The number of likely N-dealkylation sites (N-methyl/N-ethyl adjacent to an activating group) is 1. The fourth-order valence-corrected chi connectivity index (χ4v) is 1.69. The second kappa shape index (κ2) is 5.98. The Hall–Kier alpha value is -0.610. The summed E-state index contributed by atoms with van der Waals surface area (Å²) in [6.07, 6.45) is 1.07. The minimum absolute atomic E-state index is 0.237. The molecule has 0 saturated carbocycles. The van der Waals surface area contributed by atoms with Crippen LogP contribution in [0.25, 0.3) is 0 Å². The van der Waals surface area contributed by atoms with E-state index in [1.165, 1.54) is 0 Å². The summed E-state index contributed by atoms with van der Waals surface area (Å²) in [6, 6.07) is 0. The monoisotopic (exact) mass is 200 g/mol. The average Bonchev–Trinajstić information content (AvgIpc) is 2.37. The highest BCUT2D eigenvalue weighted by Crippen LogP contribution is 2.03. The molecule has 0 aliphatic carbocycles. The number of amides is 1. The van der Waals surface area contributed by atoms with E-state index in [1.54, 1.807) is 7.11 Å². The molecular formula is C10H20N2O2. The van der Waals surface area contributed by atoms with Crippen LogP contribution in [-0.2, 0) is 9.53 Å². The van der Waals surface area contributed by atoms with Crippen LogP contribution in [0.1, 0.15) is 13.3 Å². The molecule has 0 atom stereocenters. The summed E-state index contributed by atoms with van der Waals surface area (Å²) in [4.78, 5) is 15.8. The summed E-state index contributed by atoms with van der Waals surface area (Å²) >= 11 is 0. The highest BCUT2D eigenvalue weighted by Gasteiger charge is 2.19. The molecule has 0 radical (unpaired) electrons. The molecule has 0 bridgehead atoms. The van der Waals surface area contributed by atoms with Gasteiger partial charge in [-0.1, -0.05) is 6.92 Å². The molecule has 4 heteroatoms. The van der Waals surface area contributed by atoms with Crippen molar-refractivity contribution in [1.29, 1.82) is 0 Å². The lowest BCUT2D eigenvalue weighted by molar-refractivity contribution is -0.131. The molecule has 0 N–H and O–H groups in total. The van der Waals surface area contributed by atoms with Gasteiger partial charge in [-0.25, -0.2) is 0 Å². The lowest BCUT2D eigenvalue weighted by Crippen LogP contribution is -2.38. The van der Waals surface area contributed by atoms with E-state index in [2.05, 4.69) is 11.8 Å². The van der Waals surface area contributed by atoms with Crippen molar-refractivity contribution in [2.24, 2.45) is 0 Å². The molecule has 1 fully saturated rings. The van der Waals surface area contributed by atoms with Gasteiger partial charge in [0.1, 0.15) is 0 Å². The van der Waals surface area contributed by atoms with Crippen LogP contribution < -0.4 is 0 Å². The van der Waals surface area contributed by atoms with Gasteiger partial charge >= 0.3 is 0 Å². The standard InChI is InChI=1S/C10H20N2O2/c1-3-11-5-4-6-12(7-8-14-2)10(13)9-11/h3-9H2,1-2H3. The number of hydrogen-bond donors (Lipinski definition) is 0. The van der Waals surface area contributed by atoms with Crippen molar-refractivity contribution in [3.63, 3.8) is 0 Å². The van der Waals surface area contributed by atoms with Gasteiger partial charge in [0, 0.05) is 26.7 Å². The van der Waals surface area contributed by atoms with Gasteiger partial charge in [-0.15, -0.1) is 0 Å². The first-order chi connectivity index (χ1) is 6.77. The lowest BCUT2D eigenvalue weighted by Gasteiger charge is -2.20. The van der Waals surface area contributed by atoms with Gasteiger partial charge < -0.3 is 9.64 Å². The van der Waals surface area contributed by atoms with Crippen molar-refractivity contribution < 1.29 is 9.53 Å². The van der Waals surface area contributed by atoms with Crippen LogP contribution in [-0.4, -0.2) is 62.1 Å². The van der Waals surface area contributed by atoms with E-state index in [0.717, 1.165) is 32.6 Å². The quantitative estimate of drug-likeness (QED) is 0.649. The van der Waals surface area contributed by atoms with Crippen LogP contribution >= 0.6 is 0 Å². The largest absolute Gasteiger partial charge is 0.383 e. The number of rotatable bonds is 4. The molecule has 1 heterocycles. The van der Waals surface area contributed by atoms with Crippen molar-refractivity contribution in [3.8, 4) is 0 Å². The van der Waals surface area contributed by atoms with Crippen LogP contribution in [0.2, 0.25) is 0 Å². The molecule has 14 heavy (non-hydrogen) atoms. The van der Waals surface area contributed by atoms with Gasteiger partial charge in [0.05, 0.1) is 13.2 Å². The minimum Gasteiger partial charge on any atom is -0.383 e. The van der Waals surface area contributed by atoms with Crippen molar-refractivity contribution in [2.75, 3.05) is 46.4 Å². The van der Waals surface area contributed by atoms with Crippen LogP contribution in [0.5, 0.6) is 0 Å². The second-order valence-electron chi connectivity index (χ2n) is 3.60. The molecule has 0 unspecified atom stereocenters. The van der Waals surface area contributed by atoms with E-state index in [1.807, 2.05) is 4.90 Å². The van der Waals surface area contributed by atoms with Gasteiger partial charge in [0.15, 0.2) is 0 Å². The van der Waals surface area contributed by atoms with E-state index in [-0.39, 0.29) is 5.91 Å². The highest BCUT2D eigenvalue weighted by atomic mass is 16.5. The maximum atomic E-state index is 11.7. The van der Waals surface area contributed by atoms with E-state index in [9.17, 15) is 4.79 Å². The molecule has 0 aromatic rings. The summed E-state index contributed by atoms with van der Waals surface area (Å²) < 4.78 is 4.98. The Balaban J connectivity index is 2.41. The zero-order valence-corrected chi connectivity index (χ0v) is 9.16. The molecule has 0 aromatic carbocycles. The third kappa shape index (κ3) is 3.27. The number of hydrogen-bond acceptors (Lipinski definition) is 3. The number of nitrogens with zero attached hydrogens (tertiary/aromatic N) is 2. The molecule has 1 saturated heterocycles. The smallest absolute Gasteiger partial charge is 0.236 e. The third-order valence-corrected chi connectivity index (χ3v) is 2.63. The molecular weight excluding hydrogens is 180 g/mol. The van der Waals surface area contributed by atoms with Crippen molar-refractivity contribution in [3.05, 3.63) is 0 Å². The molecule has 82 valence electrons. The number of carbonyl (C=O) groups excluding carboxylic acids is 1. The first-order valence-electron chi connectivity index (χ1n) is 5.27. The Kier molecular flexibility index (Phi) is 4.90. The Morgan fingerprint density at radius 1 is 1.43 bits per heavy atom. The molecule has 1 rings (SSSR count). The van der Waals surface area contributed by atoms with Crippen LogP contribution in [0.4, 0.5) is 0 Å². The summed E-state index contributed by atoms with van der Waals surface area (Å²) in [5.74, 6) is 0.237. The van der Waals surface area contributed by atoms with Crippen LogP contribution in [0.15, 0.2) is 0 Å². The fraction of sp³-hybridized carbons (Fsp3) is 0.900. The lowest BCUT2D eigenvalue weighted by atomic mass is 10.4. The van der Waals surface area contributed by atoms with Gasteiger partial charge in [0.2, 0.25) is 5.91 Å². The molecule has 1 aliphatic heterocycles. The minimum atomic E-state index is 0.237. The Labute approximate surface area is 85.8 Å². The van der Waals surface area contributed by atoms with E-state index in [4.69, 9.17) is 4.74 Å². The second-order valence-corrected chi connectivity index (χ2v) is 3.60. The predicted octanol–water partition coefficient (Wildman–Crippen LogP) is 0.187. The van der Waals surface area contributed by atoms with Crippen molar-refractivity contribution in [2.45, 2.75) is 13.3 Å². The molecule has 0 spiro atoms. The maximum absolute atomic E-state index is 11.7. The van der Waals surface area contributed by atoms with Gasteiger partial charge in [-0.3, -0.25) is 9.69 Å². The normalized spacial score (nSPS) is 19.9. The molecule has 1 aliphatic rings. The van der Waals surface area contributed by atoms with Gasteiger partial charge in [-0.05, 0) is 13.0 Å². The first-order valence-corrected chi connectivity index (χ1v) is 5.27. The Bertz CT molecular complexity index is 185.